The second-order valence-electron chi connectivity index (χ2n) is 15.2. The van der Waals surface area contributed by atoms with Crippen molar-refractivity contribution in [2.45, 2.75) is 156 Å². The van der Waals surface area contributed by atoms with Crippen molar-refractivity contribution in [2.24, 2.45) is 0 Å². The van der Waals surface area contributed by atoms with Crippen LogP contribution < -0.4 is 9.47 Å². The molecule has 4 amide bonds. The summed E-state index contributed by atoms with van der Waals surface area (Å²) in [4.78, 5) is 61.6. The first-order valence-electron chi connectivity index (χ1n) is 21.5. The van der Waals surface area contributed by atoms with Crippen LogP contribution in [-0.4, -0.2) is 59.7 Å². The van der Waals surface area contributed by atoms with Crippen molar-refractivity contribution in [3.8, 4) is 31.0 Å². The Bertz CT molecular complexity index is 1720. The highest BCUT2D eigenvalue weighted by molar-refractivity contribution is 9.11. The maximum atomic E-state index is 14.2. The average molecular weight is 969 g/mol. The minimum atomic E-state index is -0.281. The number of nitrogens with zero attached hydrogens (tertiary/aromatic N) is 2. The second-order valence-corrected chi connectivity index (χ2v) is 20.9. The number of unbranched alkanes of at least 4 members (excludes halogenated alkanes) is 16. The fourth-order valence-electron chi connectivity index (χ4n) is 7.52. The number of rotatable bonds is 28. The Balaban J connectivity index is 1.51. The van der Waals surface area contributed by atoms with E-state index in [-0.39, 0.29) is 23.6 Å². The highest BCUT2D eigenvalue weighted by atomic mass is 79.9. The van der Waals surface area contributed by atoms with Gasteiger partial charge in [-0.2, -0.15) is 0 Å². The van der Waals surface area contributed by atoms with E-state index >= 15 is 0 Å². The lowest BCUT2D eigenvalue weighted by Crippen LogP contribution is -2.31. The van der Waals surface area contributed by atoms with Gasteiger partial charge in [0.25, 0.3) is 23.6 Å². The molecule has 0 saturated heterocycles. The molecule has 0 atom stereocenters. The molecule has 2 aliphatic heterocycles. The van der Waals surface area contributed by atoms with Gasteiger partial charge in [0.05, 0.1) is 62.5 Å². The second kappa shape index (κ2) is 23.1. The largest absolute Gasteiger partial charge is 0.488 e. The smallest absolute Gasteiger partial charge is 0.263 e. The number of hydrogen-bond acceptors (Lipinski definition) is 9. The molecular formula is C44H60Br2N2O6S3. The standard InChI is InChI=1S/C44H60Br2N2O6S3/c1-5-9-13-15-17-19-21-25-47-41(49)29-31(43(47)51)39(45)56-35(29)37-33(53-27-23-11-7-3)34(54-28-24-12-8-4)38(55-37)36-30-32(40(46)57-36)44(52)48(42(30)50)26-22-20-18-16-14-10-6-2/h5-28H2,1-4H3. The van der Waals surface area contributed by atoms with E-state index < -0.39 is 0 Å². The van der Waals surface area contributed by atoms with Gasteiger partial charge in [-0.25, -0.2) is 0 Å². The molecule has 0 saturated carbocycles. The van der Waals surface area contributed by atoms with Crippen LogP contribution in [0.4, 0.5) is 0 Å². The molecule has 314 valence electrons. The molecule has 3 aromatic heterocycles. The predicted molar refractivity (Wildman–Crippen MR) is 243 cm³/mol. The van der Waals surface area contributed by atoms with Gasteiger partial charge < -0.3 is 9.47 Å². The van der Waals surface area contributed by atoms with E-state index in [1.54, 1.807) is 0 Å². The van der Waals surface area contributed by atoms with Gasteiger partial charge in [0.15, 0.2) is 11.5 Å². The van der Waals surface area contributed by atoms with E-state index in [4.69, 9.17) is 9.47 Å². The molecular weight excluding hydrogens is 909 g/mol. The number of hydrogen-bond donors (Lipinski definition) is 0. The van der Waals surface area contributed by atoms with Crippen LogP contribution in [0.2, 0.25) is 0 Å². The molecule has 2 aliphatic rings. The zero-order valence-electron chi connectivity index (χ0n) is 34.3. The lowest BCUT2D eigenvalue weighted by Gasteiger charge is -2.15. The van der Waals surface area contributed by atoms with Crippen LogP contribution in [-0.2, 0) is 0 Å². The monoisotopic (exact) mass is 966 g/mol. The van der Waals surface area contributed by atoms with Crippen molar-refractivity contribution < 1.29 is 28.7 Å². The fraction of sp³-hybridized carbons (Fsp3) is 0.636. The summed E-state index contributed by atoms with van der Waals surface area (Å²) in [5.74, 6) is -0.0362. The van der Waals surface area contributed by atoms with E-state index in [0.717, 1.165) is 77.0 Å². The lowest BCUT2D eigenvalue weighted by molar-refractivity contribution is 0.0635. The normalized spacial score (nSPS) is 13.8. The Hall–Kier alpha value is -2.06. The van der Waals surface area contributed by atoms with Gasteiger partial charge in [-0.15, -0.1) is 34.0 Å². The first-order valence-corrected chi connectivity index (χ1v) is 25.5. The maximum Gasteiger partial charge on any atom is 0.263 e. The molecule has 3 aromatic rings. The summed E-state index contributed by atoms with van der Waals surface area (Å²) in [6.45, 7) is 10.4. The molecule has 0 radical (unpaired) electrons. The lowest BCUT2D eigenvalue weighted by atomic mass is 10.1. The van der Waals surface area contributed by atoms with E-state index in [9.17, 15) is 19.2 Å². The molecule has 5 heterocycles. The summed E-state index contributed by atoms with van der Waals surface area (Å²) in [6, 6.07) is 0. The van der Waals surface area contributed by atoms with Crippen LogP contribution in [0.25, 0.3) is 19.5 Å². The molecule has 5 rings (SSSR count). The van der Waals surface area contributed by atoms with Crippen molar-refractivity contribution in [3.05, 3.63) is 29.8 Å². The van der Waals surface area contributed by atoms with Gasteiger partial charge in [-0.1, -0.05) is 130 Å². The summed E-state index contributed by atoms with van der Waals surface area (Å²) >= 11 is 11.5. The highest BCUT2D eigenvalue weighted by Gasteiger charge is 2.45. The molecule has 57 heavy (non-hydrogen) atoms. The van der Waals surface area contributed by atoms with Crippen LogP contribution in [0.15, 0.2) is 7.57 Å². The van der Waals surface area contributed by atoms with E-state index in [2.05, 4.69) is 59.6 Å². The zero-order chi connectivity index (χ0) is 40.9. The molecule has 0 spiro atoms. The number of ether oxygens (including phenoxy) is 2. The van der Waals surface area contributed by atoms with Crippen molar-refractivity contribution in [1.82, 2.24) is 9.80 Å². The molecule has 13 heteroatoms. The van der Waals surface area contributed by atoms with Gasteiger partial charge in [0.2, 0.25) is 0 Å². The van der Waals surface area contributed by atoms with E-state index in [0.29, 0.717) is 87.1 Å². The number of carbonyl (C=O) groups excluding carboxylic acids is 4. The van der Waals surface area contributed by atoms with Crippen LogP contribution >= 0.6 is 65.9 Å². The van der Waals surface area contributed by atoms with Gasteiger partial charge in [-0.05, 0) is 57.5 Å². The third-order valence-corrected chi connectivity index (χ3v) is 16.0. The quantitative estimate of drug-likeness (QED) is 0.0532. The number of halogens is 2. The summed E-state index contributed by atoms with van der Waals surface area (Å²) in [7, 11) is 0. The van der Waals surface area contributed by atoms with Gasteiger partial charge in [0, 0.05) is 13.1 Å². The molecule has 8 nitrogen and oxygen atoms in total. The molecule has 0 fully saturated rings. The van der Waals surface area contributed by atoms with Crippen LogP contribution in [0.5, 0.6) is 11.5 Å². The van der Waals surface area contributed by atoms with Crippen LogP contribution in [0, 0.1) is 0 Å². The average Bonchev–Trinajstić information content (AvgIpc) is 3.96. The molecule has 0 aromatic carbocycles. The Morgan fingerprint density at radius 2 is 0.719 bits per heavy atom. The topological polar surface area (TPSA) is 93.2 Å². The maximum absolute atomic E-state index is 14.2. The summed E-state index contributed by atoms with van der Waals surface area (Å²) in [5.41, 5.74) is 1.60. The number of thiophene rings is 3. The van der Waals surface area contributed by atoms with Crippen molar-refractivity contribution in [3.63, 3.8) is 0 Å². The van der Waals surface area contributed by atoms with E-state index in [1.165, 1.54) is 95.2 Å². The summed E-state index contributed by atoms with van der Waals surface area (Å²) < 4.78 is 14.5. The van der Waals surface area contributed by atoms with Gasteiger partial charge in [-0.3, -0.25) is 29.0 Å². The van der Waals surface area contributed by atoms with Crippen LogP contribution in [0.3, 0.4) is 0 Å². The fourth-order valence-corrected chi connectivity index (χ4v) is 12.7. The van der Waals surface area contributed by atoms with E-state index in [1.807, 2.05) is 0 Å². The summed E-state index contributed by atoms with van der Waals surface area (Å²) in [5, 5.41) is 0. The number of amides is 4. The first-order chi connectivity index (χ1) is 27.7. The molecule has 0 bridgehead atoms. The Kier molecular flexibility index (Phi) is 18.6. The van der Waals surface area contributed by atoms with Gasteiger partial charge >= 0.3 is 0 Å². The summed E-state index contributed by atoms with van der Waals surface area (Å²) in [6.07, 6.45) is 21.1. The molecule has 0 aliphatic carbocycles. The third kappa shape index (κ3) is 10.8. The Labute approximate surface area is 368 Å². The third-order valence-electron chi connectivity index (χ3n) is 10.8. The number of imide groups is 2. The SMILES string of the molecule is CCCCCCCCCN1C(=O)c2c(Br)sc(-c3sc(-c4sc(Br)c5c4C(=O)N(CCCCCCCCC)C5=O)c(OCCCCC)c3OCCCCC)c2C1=O. The number of fused-ring (bicyclic) bond motifs is 2. The van der Waals surface area contributed by atoms with Crippen molar-refractivity contribution in [1.29, 1.82) is 0 Å². The Morgan fingerprint density at radius 1 is 0.404 bits per heavy atom. The van der Waals surface area contributed by atoms with Crippen molar-refractivity contribution in [2.75, 3.05) is 26.3 Å². The van der Waals surface area contributed by atoms with Crippen LogP contribution in [0.1, 0.15) is 198 Å². The Morgan fingerprint density at radius 3 is 1.09 bits per heavy atom. The first kappa shape index (κ1) is 46.0. The molecule has 0 N–H and O–H groups in total. The van der Waals surface area contributed by atoms with Gasteiger partial charge in [0.1, 0.15) is 0 Å². The highest BCUT2D eigenvalue weighted by Crippen LogP contribution is 2.59. The predicted octanol–water partition coefficient (Wildman–Crippen LogP) is 14.6. The minimum absolute atomic E-state index is 0.265. The van der Waals surface area contributed by atoms with Crippen molar-refractivity contribution >= 4 is 89.5 Å². The number of carbonyl (C=O) groups is 4. The zero-order valence-corrected chi connectivity index (χ0v) is 39.9. The minimum Gasteiger partial charge on any atom is -0.488 e. The molecule has 0 unspecified atom stereocenters.